The number of thiophene rings is 1. The molecule has 0 spiro atoms. The van der Waals surface area contributed by atoms with Crippen molar-refractivity contribution in [3.05, 3.63) is 105 Å². The van der Waals surface area contributed by atoms with Gasteiger partial charge in [0, 0.05) is 16.1 Å². The third-order valence-corrected chi connectivity index (χ3v) is 8.58. The number of aromatic nitrogens is 2. The molecule has 0 saturated heterocycles. The predicted molar refractivity (Wildman–Crippen MR) is 160 cm³/mol. The van der Waals surface area contributed by atoms with Crippen molar-refractivity contribution in [2.45, 2.75) is 45.0 Å². The molecule has 0 bridgehead atoms. The number of hydrogen-bond donors (Lipinski definition) is 1. The molecule has 0 radical (unpaired) electrons. The van der Waals surface area contributed by atoms with Gasteiger partial charge < -0.3 is 5.32 Å². The third-order valence-electron chi connectivity index (χ3n) is 6.52. The summed E-state index contributed by atoms with van der Waals surface area (Å²) in [5.74, 6) is -0.133. The van der Waals surface area contributed by atoms with Crippen molar-refractivity contribution < 1.29 is 4.79 Å². The molecule has 5 aromatic rings. The van der Waals surface area contributed by atoms with Crippen LogP contribution < -0.4 is 10.9 Å². The van der Waals surface area contributed by atoms with Gasteiger partial charge in [-0.1, -0.05) is 78.0 Å². The quantitative estimate of drug-likeness (QED) is 0.180. The lowest BCUT2D eigenvalue weighted by atomic mass is 10.0. The van der Waals surface area contributed by atoms with Crippen molar-refractivity contribution in [2.24, 2.45) is 0 Å². The average Bonchev–Trinajstić information content (AvgIpc) is 3.23. The maximum atomic E-state index is 14.1. The second-order valence-electron chi connectivity index (χ2n) is 9.47. The van der Waals surface area contributed by atoms with E-state index in [9.17, 15) is 9.59 Å². The smallest absolute Gasteiger partial charge is 0.268 e. The molecule has 0 aliphatic heterocycles. The van der Waals surface area contributed by atoms with E-state index < -0.39 is 5.25 Å². The number of fused-ring (bicyclic) bond motifs is 1. The average molecular weight is 540 g/mol. The Hall–Kier alpha value is -3.68. The molecule has 5 rings (SSSR count). The van der Waals surface area contributed by atoms with Gasteiger partial charge in [-0.25, -0.2) is 4.98 Å². The van der Waals surface area contributed by atoms with E-state index in [0.717, 1.165) is 44.1 Å². The number of carbonyl (C=O) groups excluding carboxylic acids is 1. The van der Waals surface area contributed by atoms with Gasteiger partial charge in [-0.2, -0.15) is 0 Å². The normalized spacial score (nSPS) is 12.0. The summed E-state index contributed by atoms with van der Waals surface area (Å²) in [7, 11) is 0. The van der Waals surface area contributed by atoms with Gasteiger partial charge in [0.1, 0.15) is 4.83 Å². The Balaban J connectivity index is 1.59. The van der Waals surface area contributed by atoms with E-state index in [2.05, 4.69) is 17.4 Å². The van der Waals surface area contributed by atoms with E-state index in [0.29, 0.717) is 15.4 Å². The molecular formula is C31H29N3O2S2. The van der Waals surface area contributed by atoms with Crippen LogP contribution in [-0.2, 0) is 4.79 Å². The summed E-state index contributed by atoms with van der Waals surface area (Å²) in [6.45, 7) is 9.92. The van der Waals surface area contributed by atoms with Crippen molar-refractivity contribution in [3.63, 3.8) is 0 Å². The Labute approximate surface area is 230 Å². The van der Waals surface area contributed by atoms with Crippen LogP contribution >= 0.6 is 23.1 Å². The maximum absolute atomic E-state index is 14.1. The number of thioether (sulfide) groups is 1. The molecule has 1 atom stereocenters. The standard InChI is InChI=1S/C31H29N3O2S2/c1-18-16-19(2)27(20(3)17-18)32-28(35)22(5)38-31-33-29-26(30(36)34(31)24-14-10-7-11-15-24)25(21(4)37-29)23-12-8-6-9-13-23/h6-17,22H,1-5H3,(H,32,35). The van der Waals surface area contributed by atoms with Gasteiger partial charge in [0.05, 0.1) is 16.3 Å². The first kappa shape index (κ1) is 25.9. The summed E-state index contributed by atoms with van der Waals surface area (Å²) in [5, 5.41) is 3.72. The van der Waals surface area contributed by atoms with Crippen LogP contribution in [0.3, 0.4) is 0 Å². The molecule has 0 fully saturated rings. The molecule has 38 heavy (non-hydrogen) atoms. The van der Waals surface area contributed by atoms with Crippen molar-refractivity contribution in [2.75, 3.05) is 5.32 Å². The van der Waals surface area contributed by atoms with E-state index in [-0.39, 0.29) is 11.5 Å². The minimum atomic E-state index is -0.482. The summed E-state index contributed by atoms with van der Waals surface area (Å²) < 4.78 is 1.64. The van der Waals surface area contributed by atoms with E-state index >= 15 is 0 Å². The summed E-state index contributed by atoms with van der Waals surface area (Å²) in [6.07, 6.45) is 0. The largest absolute Gasteiger partial charge is 0.325 e. The fourth-order valence-corrected chi connectivity index (χ4v) is 6.81. The lowest BCUT2D eigenvalue weighted by Gasteiger charge is -2.18. The first-order valence-electron chi connectivity index (χ1n) is 12.5. The van der Waals surface area contributed by atoms with Gasteiger partial charge in [0.15, 0.2) is 5.16 Å². The highest BCUT2D eigenvalue weighted by molar-refractivity contribution is 8.00. The topological polar surface area (TPSA) is 64.0 Å². The number of nitrogens with one attached hydrogen (secondary N) is 1. The van der Waals surface area contributed by atoms with Crippen LogP contribution in [0.4, 0.5) is 5.69 Å². The lowest BCUT2D eigenvalue weighted by molar-refractivity contribution is -0.115. The summed E-state index contributed by atoms with van der Waals surface area (Å²) in [6, 6.07) is 23.6. The van der Waals surface area contributed by atoms with E-state index in [1.807, 2.05) is 95.3 Å². The van der Waals surface area contributed by atoms with Crippen LogP contribution in [0.1, 0.15) is 28.5 Å². The Kier molecular flexibility index (Phi) is 7.23. The molecule has 0 aliphatic rings. The van der Waals surface area contributed by atoms with Crippen LogP contribution in [0.2, 0.25) is 0 Å². The molecule has 7 heteroatoms. The van der Waals surface area contributed by atoms with Crippen LogP contribution in [-0.4, -0.2) is 20.7 Å². The Morgan fingerprint density at radius 1 is 0.947 bits per heavy atom. The Bertz CT molecular complexity index is 1680. The van der Waals surface area contributed by atoms with Crippen molar-refractivity contribution >= 4 is 44.9 Å². The first-order valence-corrected chi connectivity index (χ1v) is 14.2. The molecular weight excluding hydrogens is 510 g/mol. The van der Waals surface area contributed by atoms with Crippen molar-refractivity contribution in [1.82, 2.24) is 9.55 Å². The molecule has 2 aromatic heterocycles. The number of nitrogens with zero attached hydrogens (tertiary/aromatic N) is 2. The number of benzene rings is 3. The third kappa shape index (κ3) is 4.91. The zero-order valence-corrected chi connectivity index (χ0v) is 23.7. The number of rotatable bonds is 6. The minimum absolute atomic E-state index is 0.133. The zero-order valence-electron chi connectivity index (χ0n) is 22.0. The van der Waals surface area contributed by atoms with E-state index in [4.69, 9.17) is 4.98 Å². The predicted octanol–water partition coefficient (Wildman–Crippen LogP) is 7.47. The van der Waals surface area contributed by atoms with Gasteiger partial charge in [0.25, 0.3) is 5.56 Å². The maximum Gasteiger partial charge on any atom is 0.268 e. The van der Waals surface area contributed by atoms with E-state index in [1.165, 1.54) is 23.1 Å². The van der Waals surface area contributed by atoms with Gasteiger partial charge >= 0.3 is 0 Å². The van der Waals surface area contributed by atoms with Crippen LogP contribution in [0.25, 0.3) is 27.0 Å². The highest BCUT2D eigenvalue weighted by atomic mass is 32.2. The van der Waals surface area contributed by atoms with Gasteiger partial charge in [-0.3, -0.25) is 14.2 Å². The van der Waals surface area contributed by atoms with Gasteiger partial charge in [-0.05, 0) is 63.4 Å². The van der Waals surface area contributed by atoms with Gasteiger partial charge in [0.2, 0.25) is 5.91 Å². The molecule has 192 valence electrons. The number of anilines is 1. The van der Waals surface area contributed by atoms with Crippen LogP contribution in [0.15, 0.2) is 82.7 Å². The summed E-state index contributed by atoms with van der Waals surface area (Å²) >= 11 is 2.80. The molecule has 2 heterocycles. The molecule has 0 aliphatic carbocycles. The van der Waals surface area contributed by atoms with Crippen molar-refractivity contribution in [3.8, 4) is 16.8 Å². The number of aryl methyl sites for hydroxylation is 4. The number of para-hydroxylation sites is 1. The highest BCUT2D eigenvalue weighted by Crippen LogP contribution is 2.37. The fourth-order valence-electron chi connectivity index (χ4n) is 4.79. The fraction of sp³-hybridized carbons (Fsp3) is 0.194. The molecule has 1 amide bonds. The SMILES string of the molecule is Cc1cc(C)c(NC(=O)C(C)Sc2nc3sc(C)c(-c4ccccc4)c3c(=O)n2-c2ccccc2)c(C)c1. The monoisotopic (exact) mass is 539 g/mol. The minimum Gasteiger partial charge on any atom is -0.325 e. The molecule has 5 nitrogen and oxygen atoms in total. The van der Waals surface area contributed by atoms with Crippen LogP contribution in [0, 0.1) is 27.7 Å². The Morgan fingerprint density at radius 3 is 2.18 bits per heavy atom. The second kappa shape index (κ2) is 10.6. The van der Waals surface area contributed by atoms with Gasteiger partial charge in [-0.15, -0.1) is 11.3 Å². The number of carbonyl (C=O) groups is 1. The first-order chi connectivity index (χ1) is 18.2. The Morgan fingerprint density at radius 2 is 1.55 bits per heavy atom. The molecule has 1 N–H and O–H groups in total. The molecule has 1 unspecified atom stereocenters. The number of amides is 1. The zero-order chi connectivity index (χ0) is 27.0. The van der Waals surface area contributed by atoms with E-state index in [1.54, 1.807) is 4.57 Å². The molecule has 0 saturated carbocycles. The summed E-state index contributed by atoms with van der Waals surface area (Å²) in [5.41, 5.74) is 6.53. The highest BCUT2D eigenvalue weighted by Gasteiger charge is 2.24. The molecule has 3 aromatic carbocycles. The summed E-state index contributed by atoms with van der Waals surface area (Å²) in [4.78, 5) is 34.1. The number of hydrogen-bond acceptors (Lipinski definition) is 5. The van der Waals surface area contributed by atoms with Crippen LogP contribution in [0.5, 0.6) is 0 Å². The van der Waals surface area contributed by atoms with Crippen molar-refractivity contribution in [1.29, 1.82) is 0 Å². The lowest BCUT2D eigenvalue weighted by Crippen LogP contribution is -2.26. The second-order valence-corrected chi connectivity index (χ2v) is 12.0.